The summed E-state index contributed by atoms with van der Waals surface area (Å²) in [5.74, 6) is 2.25. The minimum absolute atomic E-state index is 0. The van der Waals surface area contributed by atoms with Crippen molar-refractivity contribution in [1.29, 1.82) is 0 Å². The Kier molecular flexibility index (Phi) is 8.59. The number of hydrogen-bond acceptors (Lipinski definition) is 4. The van der Waals surface area contributed by atoms with E-state index in [0.717, 1.165) is 55.7 Å². The number of pyridine rings is 1. The van der Waals surface area contributed by atoms with Crippen molar-refractivity contribution < 1.29 is 4.79 Å². The van der Waals surface area contributed by atoms with Gasteiger partial charge in [-0.2, -0.15) is 0 Å². The molecule has 3 rings (SSSR count). The summed E-state index contributed by atoms with van der Waals surface area (Å²) < 4.78 is 0. The number of primary amides is 1. The zero-order valence-corrected chi connectivity index (χ0v) is 18.3. The van der Waals surface area contributed by atoms with Crippen LogP contribution in [0.25, 0.3) is 0 Å². The number of carbonyl (C=O) groups is 1. The van der Waals surface area contributed by atoms with Crippen LogP contribution in [0.5, 0.6) is 0 Å². The first-order valence-electron chi connectivity index (χ1n) is 9.67. The van der Waals surface area contributed by atoms with E-state index in [9.17, 15) is 4.79 Å². The van der Waals surface area contributed by atoms with Crippen molar-refractivity contribution in [3.8, 4) is 0 Å². The van der Waals surface area contributed by atoms with Crippen LogP contribution in [0.15, 0.2) is 23.3 Å². The average molecular weight is 486 g/mol. The van der Waals surface area contributed by atoms with Crippen LogP contribution in [0.3, 0.4) is 0 Å². The second-order valence-electron chi connectivity index (χ2n) is 7.19. The molecule has 1 aromatic heterocycles. The summed E-state index contributed by atoms with van der Waals surface area (Å²) in [6.07, 6.45) is 6.25. The van der Waals surface area contributed by atoms with Gasteiger partial charge in [-0.15, -0.1) is 24.0 Å². The molecule has 1 saturated heterocycles. The number of hydrogen-bond donors (Lipinski definition) is 3. The van der Waals surface area contributed by atoms with E-state index in [1.54, 1.807) is 6.20 Å². The normalized spacial score (nSPS) is 20.0. The van der Waals surface area contributed by atoms with Crippen molar-refractivity contribution >= 4 is 41.7 Å². The van der Waals surface area contributed by atoms with Crippen LogP contribution in [0, 0.1) is 11.8 Å². The molecule has 1 saturated carbocycles. The number of halogens is 1. The van der Waals surface area contributed by atoms with Crippen molar-refractivity contribution in [3.63, 3.8) is 0 Å². The number of nitrogens with zero attached hydrogens (tertiary/aromatic N) is 3. The minimum atomic E-state index is -0.219. The molecule has 27 heavy (non-hydrogen) atoms. The van der Waals surface area contributed by atoms with E-state index in [2.05, 4.69) is 33.5 Å². The third-order valence-electron chi connectivity index (χ3n) is 5.00. The lowest BCUT2D eigenvalue weighted by molar-refractivity contribution is -0.122. The van der Waals surface area contributed by atoms with Gasteiger partial charge in [0.2, 0.25) is 5.91 Å². The van der Waals surface area contributed by atoms with E-state index in [1.165, 1.54) is 12.8 Å². The van der Waals surface area contributed by atoms with Gasteiger partial charge in [0.25, 0.3) is 0 Å². The highest BCUT2D eigenvalue weighted by molar-refractivity contribution is 14.0. The van der Waals surface area contributed by atoms with Gasteiger partial charge in [-0.1, -0.05) is 6.07 Å². The quantitative estimate of drug-likeness (QED) is 0.311. The SMILES string of the molecule is CCNC(=NCc1cccnc1N1CCCC(C(N)=O)C1)NCC1CC1.I. The van der Waals surface area contributed by atoms with Gasteiger partial charge in [-0.05, 0) is 44.6 Å². The second-order valence-corrected chi connectivity index (χ2v) is 7.19. The van der Waals surface area contributed by atoms with Gasteiger partial charge in [0.15, 0.2) is 5.96 Å². The van der Waals surface area contributed by atoms with E-state index in [-0.39, 0.29) is 35.8 Å². The number of nitrogens with two attached hydrogens (primary N) is 1. The molecular weight excluding hydrogens is 455 g/mol. The number of rotatable bonds is 7. The van der Waals surface area contributed by atoms with Crippen molar-refractivity contribution in [2.24, 2.45) is 22.6 Å². The first-order chi connectivity index (χ1) is 12.7. The van der Waals surface area contributed by atoms with Gasteiger partial charge >= 0.3 is 0 Å². The molecule has 150 valence electrons. The Morgan fingerprint density at radius 2 is 2.19 bits per heavy atom. The highest BCUT2D eigenvalue weighted by Crippen LogP contribution is 2.27. The lowest BCUT2D eigenvalue weighted by atomic mass is 9.97. The highest BCUT2D eigenvalue weighted by atomic mass is 127. The fourth-order valence-electron chi connectivity index (χ4n) is 3.31. The molecule has 2 aliphatic rings. The van der Waals surface area contributed by atoms with Gasteiger partial charge in [-0.3, -0.25) is 4.79 Å². The molecule has 8 heteroatoms. The average Bonchev–Trinajstić information content (AvgIpc) is 3.49. The summed E-state index contributed by atoms with van der Waals surface area (Å²) >= 11 is 0. The number of nitrogens with one attached hydrogen (secondary N) is 2. The number of amides is 1. The molecule has 1 atom stereocenters. The van der Waals surface area contributed by atoms with Gasteiger partial charge < -0.3 is 21.3 Å². The lowest BCUT2D eigenvalue weighted by Gasteiger charge is -2.33. The van der Waals surface area contributed by atoms with E-state index in [4.69, 9.17) is 10.7 Å². The summed E-state index contributed by atoms with van der Waals surface area (Å²) in [7, 11) is 0. The molecule has 2 heterocycles. The van der Waals surface area contributed by atoms with Crippen LogP contribution in [0.2, 0.25) is 0 Å². The number of aromatic nitrogens is 1. The summed E-state index contributed by atoms with van der Waals surface area (Å²) in [4.78, 5) is 23.0. The van der Waals surface area contributed by atoms with E-state index in [1.807, 2.05) is 6.07 Å². The van der Waals surface area contributed by atoms with Crippen LogP contribution >= 0.6 is 24.0 Å². The molecule has 4 N–H and O–H groups in total. The summed E-state index contributed by atoms with van der Waals surface area (Å²) in [5.41, 5.74) is 6.59. The molecule has 1 unspecified atom stereocenters. The topological polar surface area (TPSA) is 95.6 Å². The minimum Gasteiger partial charge on any atom is -0.369 e. The van der Waals surface area contributed by atoms with Crippen LogP contribution in [-0.2, 0) is 11.3 Å². The smallest absolute Gasteiger partial charge is 0.222 e. The zero-order valence-electron chi connectivity index (χ0n) is 16.0. The highest BCUT2D eigenvalue weighted by Gasteiger charge is 2.26. The Bertz CT molecular complexity index is 649. The third-order valence-corrected chi connectivity index (χ3v) is 5.00. The number of aliphatic imine (C=N–C) groups is 1. The molecule has 2 fully saturated rings. The van der Waals surface area contributed by atoms with E-state index >= 15 is 0 Å². The predicted molar refractivity (Wildman–Crippen MR) is 119 cm³/mol. The number of guanidine groups is 1. The van der Waals surface area contributed by atoms with Crippen LogP contribution in [0.1, 0.15) is 38.2 Å². The number of anilines is 1. The predicted octanol–water partition coefficient (Wildman–Crippen LogP) is 1.87. The maximum Gasteiger partial charge on any atom is 0.222 e. The molecule has 1 aliphatic carbocycles. The maximum atomic E-state index is 11.6. The molecule has 0 spiro atoms. The molecule has 0 aromatic carbocycles. The molecule has 1 aromatic rings. The van der Waals surface area contributed by atoms with Gasteiger partial charge in [0.05, 0.1) is 12.5 Å². The van der Waals surface area contributed by atoms with Gasteiger partial charge in [0, 0.05) is 37.9 Å². The number of carbonyl (C=O) groups excluding carboxylic acids is 1. The second kappa shape index (κ2) is 10.7. The van der Waals surface area contributed by atoms with Gasteiger partial charge in [0.1, 0.15) is 5.82 Å². The summed E-state index contributed by atoms with van der Waals surface area (Å²) in [6, 6.07) is 4.00. The van der Waals surface area contributed by atoms with Crippen LogP contribution in [0.4, 0.5) is 5.82 Å². The Morgan fingerprint density at radius 1 is 1.37 bits per heavy atom. The van der Waals surface area contributed by atoms with Crippen molar-refractivity contribution in [3.05, 3.63) is 23.9 Å². The standard InChI is InChI=1S/C19H30N6O.HI/c1-2-21-19(23-11-14-7-8-14)24-12-15-5-3-9-22-18(15)25-10-4-6-16(13-25)17(20)26;/h3,5,9,14,16H,2,4,6-8,10-13H2,1H3,(H2,20,26)(H2,21,23,24);1H. The fraction of sp³-hybridized carbons (Fsp3) is 0.632. The van der Waals surface area contributed by atoms with E-state index < -0.39 is 0 Å². The number of piperidine rings is 1. The largest absolute Gasteiger partial charge is 0.369 e. The molecular formula is C19H31IN6O. The van der Waals surface area contributed by atoms with Crippen molar-refractivity contribution in [2.75, 3.05) is 31.1 Å². The first-order valence-corrected chi connectivity index (χ1v) is 9.67. The molecule has 7 nitrogen and oxygen atoms in total. The molecule has 1 amide bonds. The summed E-state index contributed by atoms with van der Waals surface area (Å²) in [6.45, 7) is 5.99. The Morgan fingerprint density at radius 3 is 2.89 bits per heavy atom. The van der Waals surface area contributed by atoms with E-state index in [0.29, 0.717) is 13.1 Å². The molecule has 0 bridgehead atoms. The van der Waals surface area contributed by atoms with Gasteiger partial charge in [-0.25, -0.2) is 9.98 Å². The third kappa shape index (κ3) is 6.51. The fourth-order valence-corrected chi connectivity index (χ4v) is 3.31. The monoisotopic (exact) mass is 486 g/mol. The summed E-state index contributed by atoms with van der Waals surface area (Å²) in [5, 5.41) is 6.72. The van der Waals surface area contributed by atoms with Crippen LogP contribution in [-0.4, -0.2) is 43.0 Å². The van der Waals surface area contributed by atoms with Crippen molar-refractivity contribution in [2.45, 2.75) is 39.2 Å². The zero-order chi connectivity index (χ0) is 18.4. The Balaban J connectivity index is 0.00000261. The maximum absolute atomic E-state index is 11.6. The van der Waals surface area contributed by atoms with Crippen molar-refractivity contribution in [1.82, 2.24) is 15.6 Å². The first kappa shape index (κ1) is 21.7. The van der Waals surface area contributed by atoms with Crippen LogP contribution < -0.4 is 21.3 Å². The molecule has 1 aliphatic heterocycles. The molecule has 0 radical (unpaired) electrons. The lowest BCUT2D eigenvalue weighted by Crippen LogP contribution is -2.42. The Labute approximate surface area is 178 Å². The Hall–Kier alpha value is -1.58.